The molecule has 0 aliphatic rings. The normalized spacial score (nSPS) is 11.0. The van der Waals surface area contributed by atoms with Gasteiger partial charge in [-0.15, -0.1) is 5.10 Å². The van der Waals surface area contributed by atoms with Gasteiger partial charge in [-0.3, -0.25) is 0 Å². The van der Waals surface area contributed by atoms with Crippen LogP contribution in [-0.4, -0.2) is 27.8 Å². The average molecular weight is 273 g/mol. The van der Waals surface area contributed by atoms with E-state index in [1.54, 1.807) is 13.3 Å². The molecule has 1 aromatic heterocycles. The van der Waals surface area contributed by atoms with Crippen molar-refractivity contribution >= 4 is 17.5 Å². The van der Waals surface area contributed by atoms with Crippen molar-refractivity contribution in [3.8, 4) is 5.75 Å². The molecule has 106 valence electrons. The second-order valence-electron chi connectivity index (χ2n) is 5.39. The predicted molar refractivity (Wildman–Crippen MR) is 79.5 cm³/mol. The summed E-state index contributed by atoms with van der Waals surface area (Å²) >= 11 is 0. The molecule has 1 aromatic carbocycles. The van der Waals surface area contributed by atoms with Crippen molar-refractivity contribution in [1.82, 2.24) is 15.2 Å². The molecule has 20 heavy (non-hydrogen) atoms. The minimum Gasteiger partial charge on any atom is -0.497 e. The van der Waals surface area contributed by atoms with Crippen LogP contribution in [0.5, 0.6) is 5.75 Å². The van der Waals surface area contributed by atoms with E-state index < -0.39 is 0 Å². The van der Waals surface area contributed by atoms with Crippen LogP contribution in [0, 0.1) is 0 Å². The van der Waals surface area contributed by atoms with E-state index in [-0.39, 0.29) is 5.54 Å². The Kier molecular flexibility index (Phi) is 4.02. The quantitative estimate of drug-likeness (QED) is 0.892. The van der Waals surface area contributed by atoms with Crippen molar-refractivity contribution in [1.29, 1.82) is 0 Å². The topological polar surface area (TPSA) is 72.0 Å². The monoisotopic (exact) mass is 273 g/mol. The summed E-state index contributed by atoms with van der Waals surface area (Å²) in [6.45, 7) is 6.12. The molecule has 6 nitrogen and oxygen atoms in total. The van der Waals surface area contributed by atoms with Crippen molar-refractivity contribution in [3.63, 3.8) is 0 Å². The molecule has 0 fully saturated rings. The van der Waals surface area contributed by atoms with Gasteiger partial charge < -0.3 is 15.4 Å². The van der Waals surface area contributed by atoms with Gasteiger partial charge in [-0.05, 0) is 45.0 Å². The van der Waals surface area contributed by atoms with Crippen LogP contribution in [-0.2, 0) is 0 Å². The lowest BCUT2D eigenvalue weighted by Crippen LogP contribution is -2.27. The number of nitrogens with zero attached hydrogens (tertiary/aromatic N) is 3. The van der Waals surface area contributed by atoms with Crippen LogP contribution in [0.2, 0.25) is 0 Å². The fraction of sp³-hybridized carbons (Fsp3) is 0.357. The number of rotatable bonds is 4. The van der Waals surface area contributed by atoms with Crippen molar-refractivity contribution in [2.45, 2.75) is 26.3 Å². The minimum atomic E-state index is -0.111. The Balaban J connectivity index is 2.10. The third-order valence-electron chi connectivity index (χ3n) is 2.41. The highest BCUT2D eigenvalue weighted by atomic mass is 16.5. The SMILES string of the molecule is COc1ccc(Nc2cnnc(NC(C)(C)C)n2)cc1. The zero-order valence-corrected chi connectivity index (χ0v) is 12.1. The standard InChI is InChI=1S/C14H19N5O/c1-14(2,3)18-13-17-12(9-15-19-13)16-10-5-7-11(20-4)8-6-10/h5-9H,1-4H3,(H2,16,17,18,19). The molecule has 0 amide bonds. The summed E-state index contributed by atoms with van der Waals surface area (Å²) in [5.74, 6) is 1.94. The minimum absolute atomic E-state index is 0.111. The zero-order chi connectivity index (χ0) is 14.6. The van der Waals surface area contributed by atoms with Crippen molar-refractivity contribution in [2.24, 2.45) is 0 Å². The summed E-state index contributed by atoms with van der Waals surface area (Å²) in [7, 11) is 1.64. The van der Waals surface area contributed by atoms with E-state index in [0.29, 0.717) is 11.8 Å². The van der Waals surface area contributed by atoms with E-state index in [0.717, 1.165) is 11.4 Å². The second-order valence-corrected chi connectivity index (χ2v) is 5.39. The Morgan fingerprint density at radius 3 is 2.40 bits per heavy atom. The first-order valence-electron chi connectivity index (χ1n) is 6.35. The molecule has 0 spiro atoms. The number of methoxy groups -OCH3 is 1. The molecule has 0 radical (unpaired) electrons. The first-order chi connectivity index (χ1) is 9.46. The average Bonchev–Trinajstić information content (AvgIpc) is 2.38. The van der Waals surface area contributed by atoms with Gasteiger partial charge in [0.15, 0.2) is 5.82 Å². The maximum absolute atomic E-state index is 5.12. The lowest BCUT2D eigenvalue weighted by molar-refractivity contribution is 0.415. The Bertz CT molecular complexity index is 563. The maximum atomic E-state index is 5.12. The van der Waals surface area contributed by atoms with Crippen LogP contribution in [0.15, 0.2) is 30.5 Å². The number of hydrogen-bond donors (Lipinski definition) is 2. The largest absolute Gasteiger partial charge is 0.497 e. The summed E-state index contributed by atoms with van der Waals surface area (Å²) in [6.07, 6.45) is 1.58. The Hall–Kier alpha value is -2.37. The molecule has 2 rings (SSSR count). The zero-order valence-electron chi connectivity index (χ0n) is 12.1. The van der Waals surface area contributed by atoms with Crippen LogP contribution in [0.4, 0.5) is 17.5 Å². The summed E-state index contributed by atoms with van der Waals surface area (Å²) < 4.78 is 5.12. The summed E-state index contributed by atoms with van der Waals surface area (Å²) in [6, 6.07) is 7.59. The lowest BCUT2D eigenvalue weighted by atomic mass is 10.1. The highest BCUT2D eigenvalue weighted by Gasteiger charge is 2.11. The summed E-state index contributed by atoms with van der Waals surface area (Å²) in [4.78, 5) is 4.37. The molecule has 6 heteroatoms. The van der Waals surface area contributed by atoms with Gasteiger partial charge in [0.2, 0.25) is 5.95 Å². The van der Waals surface area contributed by atoms with E-state index in [1.807, 2.05) is 45.0 Å². The molecular formula is C14H19N5O. The number of aromatic nitrogens is 3. The van der Waals surface area contributed by atoms with Gasteiger partial charge in [-0.1, -0.05) is 0 Å². The lowest BCUT2D eigenvalue weighted by Gasteiger charge is -2.20. The predicted octanol–water partition coefficient (Wildman–Crippen LogP) is 2.83. The molecule has 0 atom stereocenters. The molecule has 2 N–H and O–H groups in total. The van der Waals surface area contributed by atoms with Crippen LogP contribution in [0.25, 0.3) is 0 Å². The van der Waals surface area contributed by atoms with Crippen LogP contribution in [0.1, 0.15) is 20.8 Å². The molecule has 0 bridgehead atoms. The van der Waals surface area contributed by atoms with Crippen LogP contribution in [0.3, 0.4) is 0 Å². The molecule has 0 aliphatic carbocycles. The third-order valence-corrected chi connectivity index (χ3v) is 2.41. The smallest absolute Gasteiger partial charge is 0.245 e. The first-order valence-corrected chi connectivity index (χ1v) is 6.35. The Morgan fingerprint density at radius 2 is 1.80 bits per heavy atom. The highest BCUT2D eigenvalue weighted by Crippen LogP contribution is 2.19. The molecule has 0 unspecified atom stereocenters. The fourth-order valence-electron chi connectivity index (χ4n) is 1.57. The van der Waals surface area contributed by atoms with Crippen LogP contribution >= 0.6 is 0 Å². The van der Waals surface area contributed by atoms with Crippen LogP contribution < -0.4 is 15.4 Å². The van der Waals surface area contributed by atoms with Gasteiger partial charge in [-0.25, -0.2) is 0 Å². The molecule has 2 aromatic rings. The number of anilines is 3. The maximum Gasteiger partial charge on any atom is 0.245 e. The van der Waals surface area contributed by atoms with Gasteiger partial charge in [0.1, 0.15) is 5.75 Å². The number of benzene rings is 1. The van der Waals surface area contributed by atoms with E-state index in [1.165, 1.54) is 0 Å². The molecule has 0 saturated heterocycles. The molecule has 0 saturated carbocycles. The summed E-state index contributed by atoms with van der Waals surface area (Å²) in [5.41, 5.74) is 0.799. The van der Waals surface area contributed by atoms with Crippen molar-refractivity contribution < 1.29 is 4.74 Å². The second kappa shape index (κ2) is 5.73. The van der Waals surface area contributed by atoms with E-state index >= 15 is 0 Å². The third kappa shape index (κ3) is 4.08. The fourth-order valence-corrected chi connectivity index (χ4v) is 1.57. The molecular weight excluding hydrogens is 254 g/mol. The number of hydrogen-bond acceptors (Lipinski definition) is 6. The van der Waals surface area contributed by atoms with Crippen molar-refractivity contribution in [2.75, 3.05) is 17.7 Å². The van der Waals surface area contributed by atoms with Gasteiger partial charge in [0, 0.05) is 11.2 Å². The molecule has 0 aliphatic heterocycles. The van der Waals surface area contributed by atoms with Gasteiger partial charge in [-0.2, -0.15) is 10.1 Å². The van der Waals surface area contributed by atoms with E-state index in [2.05, 4.69) is 25.8 Å². The number of nitrogens with one attached hydrogen (secondary N) is 2. The van der Waals surface area contributed by atoms with E-state index in [9.17, 15) is 0 Å². The number of ether oxygens (including phenoxy) is 1. The van der Waals surface area contributed by atoms with Gasteiger partial charge in [0.05, 0.1) is 13.3 Å². The van der Waals surface area contributed by atoms with Gasteiger partial charge in [0.25, 0.3) is 0 Å². The van der Waals surface area contributed by atoms with Gasteiger partial charge >= 0.3 is 0 Å². The summed E-state index contributed by atoms with van der Waals surface area (Å²) in [5, 5.41) is 14.3. The molecule has 1 heterocycles. The van der Waals surface area contributed by atoms with E-state index in [4.69, 9.17) is 4.74 Å². The highest BCUT2D eigenvalue weighted by molar-refractivity contribution is 5.57. The Morgan fingerprint density at radius 1 is 1.10 bits per heavy atom. The Labute approximate surface area is 118 Å². The van der Waals surface area contributed by atoms with Crippen molar-refractivity contribution in [3.05, 3.63) is 30.5 Å². The first kappa shape index (κ1) is 14.0.